The maximum absolute atomic E-state index is 17.3. The number of nitrogens with zero attached hydrogens (tertiary/aromatic N) is 2. The molecule has 0 spiro atoms. The van der Waals surface area contributed by atoms with Crippen LogP contribution in [0.15, 0.2) is 95.9 Å². The number of ether oxygens (including phenoxy) is 3. The Kier molecular flexibility index (Phi) is 11.0. The predicted octanol–water partition coefficient (Wildman–Crippen LogP) is 8.78. The molecule has 3 aliphatic rings. The van der Waals surface area contributed by atoms with Gasteiger partial charge in [0.2, 0.25) is 15.9 Å². The summed E-state index contributed by atoms with van der Waals surface area (Å²) in [6.07, 6.45) is 5.43. The van der Waals surface area contributed by atoms with Crippen molar-refractivity contribution in [2.75, 3.05) is 7.05 Å². The second-order valence-corrected chi connectivity index (χ2v) is 18.1. The fraction of sp³-hybridized carbons (Fsp3) is 0.442. The van der Waals surface area contributed by atoms with Crippen molar-refractivity contribution in [1.82, 2.24) is 14.5 Å². The Hall–Kier alpha value is -4.75. The SMILES string of the molecule is CN(C(C(=O)N1C2CCC1CC(NC(=O)OC(C)(C)C)C2)C(F)(F)c1cccc(Oc2ccccc2)c1)S(=O)(=O)c1ccc2cc(OC3CCCC3)ccc2c1. The van der Waals surface area contributed by atoms with Crippen molar-refractivity contribution in [3.8, 4) is 17.2 Å². The summed E-state index contributed by atoms with van der Waals surface area (Å²) in [6.45, 7) is 5.27. The molecule has 298 valence electrons. The number of fused-ring (bicyclic) bond motifs is 3. The van der Waals surface area contributed by atoms with Gasteiger partial charge in [0.15, 0.2) is 6.04 Å². The summed E-state index contributed by atoms with van der Waals surface area (Å²) in [5, 5.41) is 4.19. The number of para-hydroxylation sites is 1. The quantitative estimate of drug-likeness (QED) is 0.162. The molecule has 2 amide bonds. The summed E-state index contributed by atoms with van der Waals surface area (Å²) in [5.41, 5.74) is -1.29. The van der Waals surface area contributed by atoms with E-state index >= 15 is 8.78 Å². The molecule has 3 fully saturated rings. The Morgan fingerprint density at radius 3 is 2.12 bits per heavy atom. The number of carbonyl (C=O) groups excluding carboxylic acids is 2. The fourth-order valence-electron chi connectivity index (χ4n) is 8.30. The molecule has 10 nitrogen and oxygen atoms in total. The Balaban J connectivity index is 1.20. The van der Waals surface area contributed by atoms with Crippen LogP contribution in [0.1, 0.15) is 77.7 Å². The molecule has 0 radical (unpaired) electrons. The van der Waals surface area contributed by atoms with Crippen LogP contribution in [-0.4, -0.2) is 72.5 Å². The molecule has 7 rings (SSSR count). The van der Waals surface area contributed by atoms with Crippen molar-refractivity contribution >= 4 is 32.8 Å². The van der Waals surface area contributed by atoms with E-state index in [2.05, 4.69) is 5.32 Å². The molecular weight excluding hydrogens is 741 g/mol. The average Bonchev–Trinajstić information content (AvgIpc) is 3.76. The first-order valence-electron chi connectivity index (χ1n) is 19.3. The van der Waals surface area contributed by atoms with Crippen LogP contribution in [0.5, 0.6) is 17.2 Å². The van der Waals surface area contributed by atoms with Gasteiger partial charge in [-0.05, 0) is 131 Å². The van der Waals surface area contributed by atoms with E-state index < -0.39 is 57.2 Å². The lowest BCUT2D eigenvalue weighted by atomic mass is 9.94. The number of alkyl carbamates (subject to hydrolysis) is 1. The molecular formula is C43H49F2N3O7S. The number of nitrogens with one attached hydrogen (secondary N) is 1. The second-order valence-electron chi connectivity index (χ2n) is 16.1. The molecule has 13 heteroatoms. The van der Waals surface area contributed by atoms with Crippen LogP contribution < -0.4 is 14.8 Å². The van der Waals surface area contributed by atoms with Gasteiger partial charge in [0.25, 0.3) is 5.92 Å². The number of piperidine rings is 1. The molecule has 1 saturated carbocycles. The van der Waals surface area contributed by atoms with Crippen LogP contribution in [0.4, 0.5) is 13.6 Å². The Bertz CT molecular complexity index is 2160. The van der Waals surface area contributed by atoms with E-state index in [0.717, 1.165) is 44.2 Å². The van der Waals surface area contributed by atoms with Crippen LogP contribution in [0.3, 0.4) is 0 Å². The summed E-state index contributed by atoms with van der Waals surface area (Å²) >= 11 is 0. The topological polar surface area (TPSA) is 114 Å². The number of rotatable bonds is 11. The summed E-state index contributed by atoms with van der Waals surface area (Å²) < 4.78 is 81.5. The summed E-state index contributed by atoms with van der Waals surface area (Å²) in [6, 6.07) is 19.9. The minimum Gasteiger partial charge on any atom is -0.490 e. The highest BCUT2D eigenvalue weighted by Crippen LogP contribution is 2.43. The highest BCUT2D eigenvalue weighted by molar-refractivity contribution is 7.89. The third-order valence-corrected chi connectivity index (χ3v) is 12.7. The van der Waals surface area contributed by atoms with Crippen molar-refractivity contribution in [3.05, 3.63) is 96.6 Å². The molecule has 1 N–H and O–H groups in total. The van der Waals surface area contributed by atoms with Crippen LogP contribution in [0, 0.1) is 0 Å². The number of hydrogen-bond donors (Lipinski definition) is 1. The molecule has 4 aromatic rings. The first-order valence-corrected chi connectivity index (χ1v) is 20.7. The highest BCUT2D eigenvalue weighted by Gasteiger charge is 2.56. The molecule has 1 aliphatic carbocycles. The number of hydrogen-bond acceptors (Lipinski definition) is 7. The molecule has 0 aromatic heterocycles. The number of halogens is 2. The zero-order chi connectivity index (χ0) is 39.8. The van der Waals surface area contributed by atoms with Gasteiger partial charge in [0.05, 0.1) is 11.0 Å². The standard InChI is InChI=1S/C43H49F2N3O7S/c1-42(2,3)55-41(50)46-31-26-32-19-20-33(27-31)48(32)40(49)39(43(44,45)30-11-10-16-36(25-30)53-34-12-6-5-7-13-34)47(4)56(51,52)38-22-18-28-23-37(21-17-29(28)24-38)54-35-14-8-9-15-35/h5-7,10-13,16-18,21-25,31-33,35,39H,8-9,14-15,19-20,26-27H2,1-4H3,(H,46,50). The molecule has 56 heavy (non-hydrogen) atoms. The largest absolute Gasteiger partial charge is 0.490 e. The fourth-order valence-corrected chi connectivity index (χ4v) is 9.65. The van der Waals surface area contributed by atoms with Crippen molar-refractivity contribution in [2.45, 2.75) is 119 Å². The van der Waals surface area contributed by atoms with Gasteiger partial charge in [-0.2, -0.15) is 13.1 Å². The second kappa shape index (κ2) is 15.7. The third-order valence-electron chi connectivity index (χ3n) is 10.9. The van der Waals surface area contributed by atoms with Gasteiger partial charge in [0, 0.05) is 30.7 Å². The monoisotopic (exact) mass is 789 g/mol. The van der Waals surface area contributed by atoms with Crippen molar-refractivity contribution in [1.29, 1.82) is 0 Å². The van der Waals surface area contributed by atoms with Crippen LogP contribution in [0.2, 0.25) is 0 Å². The Labute approximate surface area is 327 Å². The van der Waals surface area contributed by atoms with Crippen LogP contribution in [-0.2, 0) is 25.5 Å². The van der Waals surface area contributed by atoms with Crippen molar-refractivity contribution < 1.29 is 41.0 Å². The van der Waals surface area contributed by atoms with E-state index in [-0.39, 0.29) is 22.8 Å². The van der Waals surface area contributed by atoms with Gasteiger partial charge in [-0.15, -0.1) is 0 Å². The first kappa shape index (κ1) is 39.5. The van der Waals surface area contributed by atoms with E-state index in [0.29, 0.717) is 46.9 Å². The number of amides is 2. The van der Waals surface area contributed by atoms with E-state index in [9.17, 15) is 18.0 Å². The van der Waals surface area contributed by atoms with Crippen molar-refractivity contribution in [2.24, 2.45) is 0 Å². The van der Waals surface area contributed by atoms with Crippen LogP contribution in [0.25, 0.3) is 10.8 Å². The highest BCUT2D eigenvalue weighted by atomic mass is 32.2. The van der Waals surface area contributed by atoms with E-state index in [4.69, 9.17) is 14.2 Å². The normalized spacial score (nSPS) is 20.9. The number of alkyl halides is 2. The molecule has 3 atom stereocenters. The maximum atomic E-state index is 17.3. The number of sulfonamides is 1. The average molecular weight is 790 g/mol. The van der Waals surface area contributed by atoms with E-state index in [1.54, 1.807) is 69.3 Å². The molecule has 3 unspecified atom stereocenters. The lowest BCUT2D eigenvalue weighted by Crippen LogP contribution is -2.61. The maximum Gasteiger partial charge on any atom is 0.407 e. The summed E-state index contributed by atoms with van der Waals surface area (Å²) in [5.74, 6) is -3.81. The lowest BCUT2D eigenvalue weighted by molar-refractivity contribution is -0.155. The van der Waals surface area contributed by atoms with E-state index in [1.807, 2.05) is 6.07 Å². The minimum atomic E-state index is -4.68. The summed E-state index contributed by atoms with van der Waals surface area (Å²) in [4.78, 5) is 28.6. The molecule has 2 aliphatic heterocycles. The van der Waals surface area contributed by atoms with Crippen molar-refractivity contribution in [3.63, 3.8) is 0 Å². The van der Waals surface area contributed by atoms with E-state index in [1.165, 1.54) is 35.2 Å². The van der Waals surface area contributed by atoms with Gasteiger partial charge < -0.3 is 24.4 Å². The van der Waals surface area contributed by atoms with Crippen LogP contribution >= 0.6 is 0 Å². The van der Waals surface area contributed by atoms with Gasteiger partial charge in [-0.1, -0.05) is 42.5 Å². The minimum absolute atomic E-state index is 0.102. The summed E-state index contributed by atoms with van der Waals surface area (Å²) in [7, 11) is -3.64. The Morgan fingerprint density at radius 2 is 1.45 bits per heavy atom. The van der Waals surface area contributed by atoms with Gasteiger partial charge in [0.1, 0.15) is 22.8 Å². The lowest BCUT2D eigenvalue weighted by Gasteiger charge is -2.43. The third kappa shape index (κ3) is 8.48. The Morgan fingerprint density at radius 1 is 0.804 bits per heavy atom. The van der Waals surface area contributed by atoms with Gasteiger partial charge >= 0.3 is 6.09 Å². The number of carbonyl (C=O) groups is 2. The zero-order valence-corrected chi connectivity index (χ0v) is 32.9. The molecule has 2 bridgehead atoms. The molecule has 2 saturated heterocycles. The first-order chi connectivity index (χ1) is 26.6. The number of likely N-dealkylation sites (N-methyl/N-ethyl adjacent to an activating group) is 1. The van der Waals surface area contributed by atoms with Gasteiger partial charge in [-0.25, -0.2) is 13.2 Å². The number of benzene rings is 4. The van der Waals surface area contributed by atoms with Gasteiger partial charge in [-0.3, -0.25) is 4.79 Å². The molecule has 2 heterocycles. The predicted molar refractivity (Wildman–Crippen MR) is 208 cm³/mol. The smallest absolute Gasteiger partial charge is 0.407 e. The molecule has 4 aromatic carbocycles. The zero-order valence-electron chi connectivity index (χ0n) is 32.1.